The van der Waals surface area contributed by atoms with Gasteiger partial charge < -0.3 is 25.4 Å². The Morgan fingerprint density at radius 3 is 2.53 bits per heavy atom. The van der Waals surface area contributed by atoms with Gasteiger partial charge in [0.2, 0.25) is 0 Å². The number of carbonyl (C=O) groups excluding carboxylic acids is 1. The van der Waals surface area contributed by atoms with Crippen molar-refractivity contribution in [1.29, 1.82) is 0 Å². The zero-order valence-corrected chi connectivity index (χ0v) is 31.2. The van der Waals surface area contributed by atoms with E-state index in [1.54, 1.807) is 0 Å². The van der Waals surface area contributed by atoms with E-state index in [0.29, 0.717) is 31.1 Å². The molecule has 3 aromatic rings. The lowest BCUT2D eigenvalue weighted by Gasteiger charge is -2.48. The number of rotatable bonds is 9. The van der Waals surface area contributed by atoms with Gasteiger partial charge in [0.05, 0.1) is 12.0 Å². The molecule has 2 spiro atoms. The molecule has 4 aliphatic carbocycles. The van der Waals surface area contributed by atoms with E-state index in [9.17, 15) is 20.1 Å². The largest absolute Gasteiger partial charge is 0.396 e. The number of aryl methyl sites for hydroxylation is 1. The summed E-state index contributed by atoms with van der Waals surface area (Å²) in [7, 11) is 1.49. The molecule has 4 N–H and O–H groups in total. The van der Waals surface area contributed by atoms with Gasteiger partial charge in [0, 0.05) is 42.8 Å². The lowest BCUT2D eigenvalue weighted by atomic mass is 9.55. The molecule has 0 heterocycles. The molecule has 6 nitrogen and oxygen atoms in total. The van der Waals surface area contributed by atoms with Crippen molar-refractivity contribution in [3.63, 3.8) is 0 Å². The summed E-state index contributed by atoms with van der Waals surface area (Å²) in [6, 6.07) is 22.0. The Kier molecular flexibility index (Phi) is 9.90. The number of Topliss-reactive ketones (excluding diaryl/α,β-unsaturated/α-hetero) is 1. The lowest BCUT2D eigenvalue weighted by molar-refractivity contribution is -0.254. The van der Waals surface area contributed by atoms with Gasteiger partial charge in [0.15, 0.2) is 5.79 Å². The molecule has 0 amide bonds. The topological polar surface area (TPSA) is 99.0 Å². The van der Waals surface area contributed by atoms with Crippen molar-refractivity contribution in [2.24, 2.45) is 34.5 Å². The number of methoxy groups -OCH3 is 1. The number of ketones is 1. The standard InChI is InChI=1S/C45H59NO5/c1-29(2)8-7-19-46-26-33-17-18-43(24-33)38-10-6-9-31(21-38)12-16-40(49)44-25-37(27-47)41(45(44,50)51-5)30(3)42(44,4)23-32-11-13-34-14-15-35(39(43)28-48)22-36(34)20-32/h6,9-11,13-15,20-22,29,33,37,39,41,46-48,50H,3,7-8,12,16-19,23-28H2,1-2,4-5H3/t33-,37+,39-,41-,42+,43-,44+,45+/m0/s1. The van der Waals surface area contributed by atoms with Gasteiger partial charge in [-0.05, 0) is 115 Å². The number of carbonyl (C=O) groups is 1. The first-order valence-corrected chi connectivity index (χ1v) is 19.5. The van der Waals surface area contributed by atoms with Crippen LogP contribution in [0.3, 0.4) is 0 Å². The van der Waals surface area contributed by atoms with Crippen molar-refractivity contribution in [2.45, 2.75) is 95.7 Å². The number of nitrogens with one attached hydrogen (secondary N) is 1. The van der Waals surface area contributed by atoms with Crippen LogP contribution in [0.1, 0.15) is 93.9 Å². The summed E-state index contributed by atoms with van der Waals surface area (Å²) in [5, 5.41) is 40.2. The molecule has 8 atom stereocenters. The van der Waals surface area contributed by atoms with Crippen LogP contribution in [-0.4, -0.2) is 60.3 Å². The molecule has 7 rings (SSSR count). The van der Waals surface area contributed by atoms with Crippen LogP contribution in [0.5, 0.6) is 0 Å². The van der Waals surface area contributed by atoms with Gasteiger partial charge in [0.1, 0.15) is 5.78 Å². The van der Waals surface area contributed by atoms with Gasteiger partial charge in [-0.15, -0.1) is 0 Å². The molecule has 0 radical (unpaired) electrons. The molecule has 0 aromatic heterocycles. The molecule has 3 fully saturated rings. The van der Waals surface area contributed by atoms with Crippen LogP contribution in [0.25, 0.3) is 10.8 Å². The fraction of sp³-hybridized carbons (Fsp3) is 0.578. The smallest absolute Gasteiger partial charge is 0.185 e. The van der Waals surface area contributed by atoms with E-state index in [1.165, 1.54) is 25.5 Å². The average molecular weight is 694 g/mol. The summed E-state index contributed by atoms with van der Waals surface area (Å²) in [6.45, 7) is 13.1. The van der Waals surface area contributed by atoms with E-state index in [0.717, 1.165) is 65.4 Å². The van der Waals surface area contributed by atoms with E-state index in [4.69, 9.17) is 4.74 Å². The van der Waals surface area contributed by atoms with Gasteiger partial charge >= 0.3 is 0 Å². The maximum absolute atomic E-state index is 14.9. The number of fused-ring (bicyclic) bond motifs is 6. The molecule has 4 aliphatic rings. The molecular weight excluding hydrogens is 634 g/mol. The van der Waals surface area contributed by atoms with Crippen LogP contribution in [0.4, 0.5) is 0 Å². The molecule has 3 saturated carbocycles. The zero-order chi connectivity index (χ0) is 36.2. The third-order valence-corrected chi connectivity index (χ3v) is 14.2. The van der Waals surface area contributed by atoms with Crippen molar-refractivity contribution in [3.8, 4) is 0 Å². The number of aliphatic hydroxyl groups excluding tert-OH is 2. The minimum atomic E-state index is -1.75. The van der Waals surface area contributed by atoms with E-state index in [1.807, 2.05) is 0 Å². The van der Waals surface area contributed by atoms with E-state index in [2.05, 4.69) is 93.3 Å². The lowest BCUT2D eigenvalue weighted by Crippen LogP contribution is -2.56. The zero-order valence-electron chi connectivity index (χ0n) is 31.2. The minimum absolute atomic E-state index is 0.0260. The van der Waals surface area contributed by atoms with Crippen LogP contribution in [-0.2, 0) is 27.8 Å². The van der Waals surface area contributed by atoms with E-state index >= 15 is 0 Å². The Balaban J connectivity index is 1.33. The molecule has 274 valence electrons. The molecule has 6 heteroatoms. The maximum atomic E-state index is 14.9. The van der Waals surface area contributed by atoms with Crippen molar-refractivity contribution >= 4 is 16.6 Å². The van der Waals surface area contributed by atoms with Gasteiger partial charge in [-0.1, -0.05) is 93.6 Å². The predicted molar refractivity (Wildman–Crippen MR) is 204 cm³/mol. The van der Waals surface area contributed by atoms with Crippen LogP contribution < -0.4 is 5.32 Å². The summed E-state index contributed by atoms with van der Waals surface area (Å²) < 4.78 is 6.00. The number of hydrogen-bond acceptors (Lipinski definition) is 6. The molecular formula is C45H59NO5. The molecule has 0 aliphatic heterocycles. The Hall–Kier alpha value is -2.87. The van der Waals surface area contributed by atoms with Crippen molar-refractivity contribution in [3.05, 3.63) is 95.1 Å². The van der Waals surface area contributed by atoms with E-state index < -0.39 is 22.5 Å². The fourth-order valence-electron chi connectivity index (χ4n) is 11.6. The SMILES string of the molecule is C=C1[C@H]2[C@@H](CO)C[C@]3(C(=O)CCc4cccc(c4)[C@@]4(CC[C@H](CNCCCC(C)C)C4)[C@@H](CO)c4ccc5ccc(cc5c4)C[C@]13C)[C@]2(O)OC. The second kappa shape index (κ2) is 13.8. The second-order valence-electron chi connectivity index (χ2n) is 17.3. The second-order valence-corrected chi connectivity index (χ2v) is 17.3. The van der Waals surface area contributed by atoms with Gasteiger partial charge in [-0.25, -0.2) is 0 Å². The average Bonchev–Trinajstić information content (AvgIpc) is 3.71. The summed E-state index contributed by atoms with van der Waals surface area (Å²) in [4.78, 5) is 14.9. The van der Waals surface area contributed by atoms with Crippen LogP contribution in [0.15, 0.2) is 72.8 Å². The monoisotopic (exact) mass is 693 g/mol. The normalized spacial score (nSPS) is 34.8. The minimum Gasteiger partial charge on any atom is -0.396 e. The summed E-state index contributed by atoms with van der Waals surface area (Å²) >= 11 is 0. The first kappa shape index (κ1) is 36.5. The molecule has 0 saturated heterocycles. The van der Waals surface area contributed by atoms with Crippen molar-refractivity contribution in [1.82, 2.24) is 5.32 Å². The van der Waals surface area contributed by atoms with Crippen molar-refractivity contribution < 1.29 is 24.9 Å². The first-order chi connectivity index (χ1) is 24.5. The molecule has 3 aromatic carbocycles. The van der Waals surface area contributed by atoms with Crippen LogP contribution in [0.2, 0.25) is 0 Å². The summed E-state index contributed by atoms with van der Waals surface area (Å²) in [6.07, 6.45) is 7.17. The van der Waals surface area contributed by atoms with Crippen LogP contribution >= 0.6 is 0 Å². The highest BCUT2D eigenvalue weighted by atomic mass is 16.6. The number of ether oxygens (including phenoxy) is 1. The fourth-order valence-corrected chi connectivity index (χ4v) is 11.6. The van der Waals surface area contributed by atoms with Gasteiger partial charge in [-0.3, -0.25) is 4.79 Å². The van der Waals surface area contributed by atoms with Gasteiger partial charge in [-0.2, -0.15) is 0 Å². The molecule has 7 bridgehead atoms. The number of aliphatic hydroxyl groups is 3. The Morgan fingerprint density at radius 2 is 1.78 bits per heavy atom. The molecule has 0 unspecified atom stereocenters. The maximum Gasteiger partial charge on any atom is 0.185 e. The number of benzene rings is 3. The Bertz CT molecular complexity index is 1790. The predicted octanol–water partition coefficient (Wildman–Crippen LogP) is 7.26. The third-order valence-electron chi connectivity index (χ3n) is 14.2. The Morgan fingerprint density at radius 1 is 0.980 bits per heavy atom. The highest BCUT2D eigenvalue weighted by Gasteiger charge is 2.80. The Labute approximate surface area is 304 Å². The number of hydrogen-bond donors (Lipinski definition) is 4. The van der Waals surface area contributed by atoms with Crippen molar-refractivity contribution in [2.75, 3.05) is 33.4 Å². The van der Waals surface area contributed by atoms with Crippen LogP contribution in [0, 0.1) is 34.5 Å². The summed E-state index contributed by atoms with van der Waals surface area (Å²) in [5.41, 5.74) is 3.06. The van der Waals surface area contributed by atoms with E-state index in [-0.39, 0.29) is 42.7 Å². The van der Waals surface area contributed by atoms with Gasteiger partial charge in [0.25, 0.3) is 0 Å². The highest BCUT2D eigenvalue weighted by molar-refractivity contribution is 5.90. The highest BCUT2D eigenvalue weighted by Crippen LogP contribution is 2.74. The third kappa shape index (κ3) is 5.67. The summed E-state index contributed by atoms with van der Waals surface area (Å²) in [5.74, 6) is -1.46. The quantitative estimate of drug-likeness (QED) is 0.107. The molecule has 51 heavy (non-hydrogen) atoms. The first-order valence-electron chi connectivity index (χ1n) is 19.5.